The van der Waals surface area contributed by atoms with Crippen LogP contribution < -0.4 is 5.32 Å². The van der Waals surface area contributed by atoms with E-state index in [0.29, 0.717) is 5.75 Å². The molecule has 0 aromatic carbocycles. The minimum atomic E-state index is -1.42. The third kappa shape index (κ3) is 2.50. The number of rotatable bonds is 5. The molecule has 9 heteroatoms. The molecule has 0 aromatic rings. The normalized spacial score (nSPS) is 27.2. The highest BCUT2D eigenvalue weighted by Gasteiger charge is 2.66. The van der Waals surface area contributed by atoms with Crippen molar-refractivity contribution < 1.29 is 23.9 Å². The van der Waals surface area contributed by atoms with Crippen LogP contribution in [-0.2, 0) is 23.9 Å². The van der Waals surface area contributed by atoms with Gasteiger partial charge in [-0.25, -0.2) is 4.79 Å². The molecule has 0 aromatic heterocycles. The largest absolute Gasteiger partial charge is 0.464 e. The van der Waals surface area contributed by atoms with E-state index in [1.807, 2.05) is 0 Å². The quantitative estimate of drug-likeness (QED) is 0.431. The molecule has 2 aliphatic rings. The van der Waals surface area contributed by atoms with Gasteiger partial charge >= 0.3 is 5.97 Å². The van der Waals surface area contributed by atoms with Gasteiger partial charge in [-0.15, -0.1) is 11.8 Å². The Morgan fingerprint density at radius 1 is 1.50 bits per heavy atom. The molecule has 2 amide bonds. The number of hydrogen-bond donors (Lipinski definition) is 1. The highest BCUT2D eigenvalue weighted by molar-refractivity contribution is 8.00. The van der Waals surface area contributed by atoms with Gasteiger partial charge in [-0.3, -0.25) is 14.5 Å². The number of methoxy groups -OCH3 is 2. The van der Waals surface area contributed by atoms with Gasteiger partial charge in [0.05, 0.1) is 12.9 Å². The smallest absolute Gasteiger partial charge is 0.354 e. The van der Waals surface area contributed by atoms with Gasteiger partial charge < -0.3 is 14.8 Å². The van der Waals surface area contributed by atoms with E-state index in [4.69, 9.17) is 9.47 Å². The van der Waals surface area contributed by atoms with E-state index in [1.165, 1.54) is 42.6 Å². The zero-order valence-electron chi connectivity index (χ0n) is 12.8. The summed E-state index contributed by atoms with van der Waals surface area (Å²) in [5.41, 5.74) is -0.415. The van der Waals surface area contributed by atoms with Gasteiger partial charge in [0.25, 0.3) is 11.6 Å². The number of nitrogens with zero attached hydrogens (tertiary/aromatic N) is 1. The fraction of sp³-hybridized carbons (Fsp3) is 0.615. The lowest BCUT2D eigenvalue weighted by Gasteiger charge is -2.55. The molecule has 0 radical (unpaired) electrons. The van der Waals surface area contributed by atoms with E-state index >= 15 is 0 Å². The highest BCUT2D eigenvalue weighted by Crippen LogP contribution is 2.46. The highest BCUT2D eigenvalue weighted by atomic mass is 32.2. The molecule has 0 spiro atoms. The van der Waals surface area contributed by atoms with Crippen molar-refractivity contribution in [2.75, 3.05) is 32.0 Å². The molecular formula is C13H18N2O5S2. The van der Waals surface area contributed by atoms with Crippen molar-refractivity contribution >= 4 is 41.3 Å². The SMILES string of the molecule is COC(=O)C1=C(C)CS[C@@H]2N1C(=O)[C@]2(NC(=O)CSC)OC. The minimum Gasteiger partial charge on any atom is -0.464 e. The number of carbonyl (C=O) groups is 3. The van der Waals surface area contributed by atoms with E-state index in [1.54, 1.807) is 13.2 Å². The van der Waals surface area contributed by atoms with E-state index in [9.17, 15) is 14.4 Å². The predicted molar refractivity (Wildman–Crippen MR) is 84.1 cm³/mol. The van der Waals surface area contributed by atoms with Crippen molar-refractivity contribution in [1.29, 1.82) is 0 Å². The van der Waals surface area contributed by atoms with Crippen LogP contribution in [0.5, 0.6) is 0 Å². The van der Waals surface area contributed by atoms with E-state index < -0.39 is 23.0 Å². The van der Waals surface area contributed by atoms with Crippen LogP contribution in [-0.4, -0.2) is 65.8 Å². The molecule has 2 rings (SSSR count). The monoisotopic (exact) mass is 346 g/mol. The van der Waals surface area contributed by atoms with Crippen LogP contribution in [0.1, 0.15) is 6.92 Å². The number of nitrogens with one attached hydrogen (secondary N) is 1. The number of thioether (sulfide) groups is 2. The molecule has 0 bridgehead atoms. The van der Waals surface area contributed by atoms with Gasteiger partial charge in [-0.1, -0.05) is 0 Å². The molecule has 7 nitrogen and oxygen atoms in total. The van der Waals surface area contributed by atoms with Gasteiger partial charge in [0.1, 0.15) is 11.1 Å². The first-order chi connectivity index (χ1) is 10.4. The van der Waals surface area contributed by atoms with Crippen molar-refractivity contribution in [3.63, 3.8) is 0 Å². The molecular weight excluding hydrogens is 328 g/mol. The summed E-state index contributed by atoms with van der Waals surface area (Å²) in [5.74, 6) is -0.511. The molecule has 1 fully saturated rings. The Kier molecular flexibility index (Phi) is 5.08. The number of hydrogen-bond acceptors (Lipinski definition) is 7. The lowest BCUT2D eigenvalue weighted by atomic mass is 9.98. The van der Waals surface area contributed by atoms with Crippen LogP contribution in [0.4, 0.5) is 0 Å². The number of β-lactam (4-membered cyclic amide) rings is 1. The second-order valence-electron chi connectivity index (χ2n) is 4.88. The fourth-order valence-corrected chi connectivity index (χ4v) is 4.21. The first-order valence-corrected chi connectivity index (χ1v) is 8.95. The van der Waals surface area contributed by atoms with Gasteiger partial charge in [0.2, 0.25) is 5.91 Å². The molecule has 2 atom stereocenters. The number of ether oxygens (including phenoxy) is 2. The maximum absolute atomic E-state index is 12.6. The number of esters is 1. The van der Waals surface area contributed by atoms with Crippen LogP contribution in [0.2, 0.25) is 0 Å². The van der Waals surface area contributed by atoms with Crippen molar-refractivity contribution in [3.05, 3.63) is 11.3 Å². The summed E-state index contributed by atoms with van der Waals surface area (Å²) in [6, 6.07) is 0. The Morgan fingerprint density at radius 3 is 2.73 bits per heavy atom. The molecule has 122 valence electrons. The molecule has 0 saturated carbocycles. The van der Waals surface area contributed by atoms with Gasteiger partial charge in [0.15, 0.2) is 0 Å². The Hall–Kier alpha value is -1.19. The van der Waals surface area contributed by atoms with Crippen molar-refractivity contribution in [1.82, 2.24) is 10.2 Å². The second kappa shape index (κ2) is 6.51. The topological polar surface area (TPSA) is 84.9 Å². The van der Waals surface area contributed by atoms with Crippen LogP contribution in [0.25, 0.3) is 0 Å². The maximum Gasteiger partial charge on any atom is 0.354 e. The number of amides is 2. The average molecular weight is 346 g/mol. The third-order valence-electron chi connectivity index (χ3n) is 3.52. The summed E-state index contributed by atoms with van der Waals surface area (Å²) in [7, 11) is 2.64. The molecule has 0 aliphatic carbocycles. The summed E-state index contributed by atoms with van der Waals surface area (Å²) in [6.45, 7) is 1.78. The predicted octanol–water partition coefficient (Wildman–Crippen LogP) is 0.170. The molecule has 22 heavy (non-hydrogen) atoms. The van der Waals surface area contributed by atoms with Crippen LogP contribution >= 0.6 is 23.5 Å². The Balaban J connectivity index is 2.29. The van der Waals surface area contributed by atoms with Crippen molar-refractivity contribution in [2.45, 2.75) is 18.0 Å². The lowest BCUT2D eigenvalue weighted by molar-refractivity contribution is -0.192. The number of fused-ring (bicyclic) bond motifs is 1. The van der Waals surface area contributed by atoms with E-state index in [-0.39, 0.29) is 17.4 Å². The van der Waals surface area contributed by atoms with E-state index in [0.717, 1.165) is 5.57 Å². The molecule has 2 heterocycles. The summed E-state index contributed by atoms with van der Waals surface area (Å²) in [6.07, 6.45) is 1.80. The molecule has 1 N–H and O–H groups in total. The average Bonchev–Trinajstić information content (AvgIpc) is 2.51. The van der Waals surface area contributed by atoms with Gasteiger partial charge in [0, 0.05) is 12.9 Å². The standard InChI is InChI=1S/C13H18N2O5S2/c1-7-5-22-12-13(20-3,14-8(16)6-21-4)11(18)15(12)9(7)10(17)19-2/h12H,5-6H2,1-4H3,(H,14,16)/t12-,13-/m0/s1. The summed E-state index contributed by atoms with van der Waals surface area (Å²) < 4.78 is 10.1. The van der Waals surface area contributed by atoms with Crippen LogP contribution in [0.3, 0.4) is 0 Å². The van der Waals surface area contributed by atoms with Crippen molar-refractivity contribution in [3.8, 4) is 0 Å². The molecule has 0 unspecified atom stereocenters. The second-order valence-corrected chi connectivity index (χ2v) is 6.81. The fourth-order valence-electron chi connectivity index (χ4n) is 2.49. The Labute approximate surface area is 137 Å². The Morgan fingerprint density at radius 2 is 2.18 bits per heavy atom. The summed E-state index contributed by atoms with van der Waals surface area (Å²) in [4.78, 5) is 37.7. The first kappa shape index (κ1) is 17.2. The lowest BCUT2D eigenvalue weighted by Crippen LogP contribution is -2.80. The number of carbonyl (C=O) groups excluding carboxylic acids is 3. The van der Waals surface area contributed by atoms with E-state index in [2.05, 4.69) is 5.32 Å². The van der Waals surface area contributed by atoms with Crippen LogP contribution in [0.15, 0.2) is 11.3 Å². The summed E-state index contributed by atoms with van der Waals surface area (Å²) >= 11 is 2.79. The molecule has 2 aliphatic heterocycles. The maximum atomic E-state index is 12.6. The zero-order chi connectivity index (χ0) is 16.5. The zero-order valence-corrected chi connectivity index (χ0v) is 14.4. The van der Waals surface area contributed by atoms with Gasteiger partial charge in [-0.2, -0.15) is 11.8 Å². The molecule has 1 saturated heterocycles. The third-order valence-corrected chi connectivity index (χ3v) is 5.53. The first-order valence-electron chi connectivity index (χ1n) is 6.51. The Bertz CT molecular complexity index is 551. The van der Waals surface area contributed by atoms with Crippen molar-refractivity contribution in [2.24, 2.45) is 0 Å². The van der Waals surface area contributed by atoms with Crippen LogP contribution in [0, 0.1) is 0 Å². The summed E-state index contributed by atoms with van der Waals surface area (Å²) in [5, 5.41) is 2.17. The minimum absolute atomic E-state index is 0.231. The van der Waals surface area contributed by atoms with Gasteiger partial charge in [-0.05, 0) is 18.8 Å².